The van der Waals surface area contributed by atoms with E-state index in [1.165, 1.54) is 0 Å². The smallest absolute Gasteiger partial charge is 0.306 e. The molecule has 1 aliphatic carbocycles. The van der Waals surface area contributed by atoms with Crippen molar-refractivity contribution >= 4 is 11.9 Å². The number of fused-ring (bicyclic) bond motifs is 3. The zero-order valence-corrected chi connectivity index (χ0v) is 8.27. The van der Waals surface area contributed by atoms with Crippen LogP contribution < -0.4 is 0 Å². The number of amides is 1. The summed E-state index contributed by atoms with van der Waals surface area (Å²) in [6, 6.07) is 0.179. The molecule has 1 saturated carbocycles. The van der Waals surface area contributed by atoms with Crippen LogP contribution >= 0.6 is 0 Å². The first-order valence-electron chi connectivity index (χ1n) is 5.09. The Morgan fingerprint density at radius 3 is 2.50 bits per heavy atom. The van der Waals surface area contributed by atoms with Gasteiger partial charge in [0.05, 0.1) is 5.92 Å². The molecule has 2 aliphatic heterocycles. The molecule has 0 aromatic rings. The van der Waals surface area contributed by atoms with E-state index >= 15 is 0 Å². The van der Waals surface area contributed by atoms with E-state index in [1.54, 1.807) is 6.92 Å². The highest BCUT2D eigenvalue weighted by molar-refractivity contribution is 5.75. The summed E-state index contributed by atoms with van der Waals surface area (Å²) in [5.74, 6) is -0.641. The summed E-state index contributed by atoms with van der Waals surface area (Å²) < 4.78 is 0. The molecular formula is C10H15NO3. The van der Waals surface area contributed by atoms with Gasteiger partial charge in [0.2, 0.25) is 5.91 Å². The van der Waals surface area contributed by atoms with Crippen LogP contribution in [0.3, 0.4) is 0 Å². The second-order valence-corrected chi connectivity index (χ2v) is 4.34. The third-order valence-electron chi connectivity index (χ3n) is 3.56. The van der Waals surface area contributed by atoms with Gasteiger partial charge in [0.25, 0.3) is 0 Å². The number of hydrogen-bond donors (Lipinski definition) is 1. The van der Waals surface area contributed by atoms with Crippen molar-refractivity contribution in [3.8, 4) is 0 Å². The number of carboxylic acids is 1. The number of aliphatic carboxylic acids is 1. The van der Waals surface area contributed by atoms with Gasteiger partial charge in [-0.2, -0.15) is 0 Å². The normalized spacial score (nSPS) is 35.8. The van der Waals surface area contributed by atoms with Gasteiger partial charge in [-0.15, -0.1) is 0 Å². The fraction of sp³-hybridized carbons (Fsp3) is 0.800. The summed E-state index contributed by atoms with van der Waals surface area (Å²) in [4.78, 5) is 24.0. The SMILES string of the molecule is CC(=O)N1CC2CCC1CC2C(=O)O. The molecule has 3 fully saturated rings. The van der Waals surface area contributed by atoms with E-state index in [2.05, 4.69) is 0 Å². The van der Waals surface area contributed by atoms with Crippen molar-refractivity contribution in [2.75, 3.05) is 6.54 Å². The fourth-order valence-electron chi connectivity index (χ4n) is 2.80. The number of carbonyl (C=O) groups is 2. The van der Waals surface area contributed by atoms with Gasteiger partial charge in [0, 0.05) is 19.5 Å². The molecule has 3 unspecified atom stereocenters. The van der Waals surface area contributed by atoms with E-state index < -0.39 is 5.97 Å². The van der Waals surface area contributed by atoms with E-state index in [9.17, 15) is 9.59 Å². The highest BCUT2D eigenvalue weighted by Crippen LogP contribution is 2.39. The highest BCUT2D eigenvalue weighted by Gasteiger charge is 2.44. The number of piperidine rings is 2. The van der Waals surface area contributed by atoms with Crippen LogP contribution in [0, 0.1) is 11.8 Å². The molecule has 0 aromatic carbocycles. The molecule has 1 N–H and O–H groups in total. The monoisotopic (exact) mass is 197 g/mol. The van der Waals surface area contributed by atoms with Crippen molar-refractivity contribution in [1.82, 2.24) is 4.90 Å². The number of nitrogens with zero attached hydrogens (tertiary/aromatic N) is 1. The van der Waals surface area contributed by atoms with Gasteiger partial charge < -0.3 is 10.0 Å². The zero-order chi connectivity index (χ0) is 10.3. The number of rotatable bonds is 1. The molecule has 3 rings (SSSR count). The topological polar surface area (TPSA) is 57.6 Å². The summed E-state index contributed by atoms with van der Waals surface area (Å²) in [5, 5.41) is 8.98. The van der Waals surface area contributed by atoms with Gasteiger partial charge in [-0.25, -0.2) is 0 Å². The van der Waals surface area contributed by atoms with Gasteiger partial charge >= 0.3 is 5.97 Å². The molecule has 4 heteroatoms. The van der Waals surface area contributed by atoms with Crippen molar-refractivity contribution in [3.63, 3.8) is 0 Å². The lowest BCUT2D eigenvalue weighted by atomic mass is 9.72. The van der Waals surface area contributed by atoms with E-state index in [0.29, 0.717) is 13.0 Å². The molecule has 14 heavy (non-hydrogen) atoms. The third kappa shape index (κ3) is 1.38. The quantitative estimate of drug-likeness (QED) is 0.673. The molecule has 1 amide bonds. The minimum Gasteiger partial charge on any atom is -0.481 e. The summed E-state index contributed by atoms with van der Waals surface area (Å²) in [7, 11) is 0. The van der Waals surface area contributed by atoms with Crippen molar-refractivity contribution in [3.05, 3.63) is 0 Å². The van der Waals surface area contributed by atoms with Gasteiger partial charge in [-0.1, -0.05) is 0 Å². The van der Waals surface area contributed by atoms with Gasteiger partial charge in [-0.3, -0.25) is 9.59 Å². The van der Waals surface area contributed by atoms with E-state index in [4.69, 9.17) is 5.11 Å². The first-order chi connectivity index (χ1) is 6.59. The molecule has 2 heterocycles. The van der Waals surface area contributed by atoms with Crippen LogP contribution in [0.5, 0.6) is 0 Å². The van der Waals surface area contributed by atoms with Crippen molar-refractivity contribution in [2.45, 2.75) is 32.2 Å². The predicted octanol–water partition coefficient (Wildman–Crippen LogP) is 0.718. The van der Waals surface area contributed by atoms with Crippen LogP contribution in [0.2, 0.25) is 0 Å². The molecule has 2 bridgehead atoms. The maximum absolute atomic E-state index is 11.2. The number of carbonyl (C=O) groups excluding carboxylic acids is 1. The van der Waals surface area contributed by atoms with Gasteiger partial charge in [0.1, 0.15) is 0 Å². The summed E-state index contributed by atoms with van der Waals surface area (Å²) in [5.41, 5.74) is 0. The number of carboxylic acid groups (broad SMARTS) is 1. The maximum Gasteiger partial charge on any atom is 0.306 e. The number of hydrogen-bond acceptors (Lipinski definition) is 2. The molecule has 0 spiro atoms. The molecular weight excluding hydrogens is 182 g/mol. The maximum atomic E-state index is 11.2. The lowest BCUT2D eigenvalue weighted by Gasteiger charge is -2.47. The van der Waals surface area contributed by atoms with E-state index in [0.717, 1.165) is 12.8 Å². The second-order valence-electron chi connectivity index (χ2n) is 4.34. The summed E-state index contributed by atoms with van der Waals surface area (Å²) >= 11 is 0. The minimum atomic E-state index is -0.692. The molecule has 0 aromatic heterocycles. The lowest BCUT2D eigenvalue weighted by molar-refractivity contribution is -0.154. The zero-order valence-electron chi connectivity index (χ0n) is 8.27. The van der Waals surface area contributed by atoms with Crippen LogP contribution in [-0.4, -0.2) is 34.5 Å². The Balaban J connectivity index is 2.12. The van der Waals surface area contributed by atoms with Crippen LogP contribution in [0.25, 0.3) is 0 Å². The van der Waals surface area contributed by atoms with E-state index in [1.807, 2.05) is 4.90 Å². The second kappa shape index (κ2) is 3.26. The van der Waals surface area contributed by atoms with Crippen molar-refractivity contribution < 1.29 is 14.7 Å². The fourth-order valence-corrected chi connectivity index (χ4v) is 2.80. The average molecular weight is 197 g/mol. The van der Waals surface area contributed by atoms with Crippen LogP contribution in [0.4, 0.5) is 0 Å². The van der Waals surface area contributed by atoms with Crippen LogP contribution in [-0.2, 0) is 9.59 Å². The molecule has 0 radical (unpaired) electrons. The Bertz CT molecular complexity index is 249. The Morgan fingerprint density at radius 2 is 2.07 bits per heavy atom. The molecule has 4 nitrogen and oxygen atoms in total. The van der Waals surface area contributed by atoms with Gasteiger partial charge in [-0.05, 0) is 25.2 Å². The average Bonchev–Trinajstić information content (AvgIpc) is 2.18. The molecule has 3 aliphatic rings. The first kappa shape index (κ1) is 9.49. The van der Waals surface area contributed by atoms with E-state index in [-0.39, 0.29) is 23.8 Å². The Hall–Kier alpha value is -1.06. The molecule has 3 atom stereocenters. The highest BCUT2D eigenvalue weighted by atomic mass is 16.4. The van der Waals surface area contributed by atoms with Gasteiger partial charge in [0.15, 0.2) is 0 Å². The van der Waals surface area contributed by atoms with Crippen LogP contribution in [0.1, 0.15) is 26.2 Å². The predicted molar refractivity (Wildman–Crippen MR) is 49.6 cm³/mol. The molecule has 78 valence electrons. The Labute approximate surface area is 82.9 Å². The van der Waals surface area contributed by atoms with Crippen LogP contribution in [0.15, 0.2) is 0 Å². The Kier molecular flexibility index (Phi) is 2.21. The van der Waals surface area contributed by atoms with Crippen molar-refractivity contribution in [1.29, 1.82) is 0 Å². The largest absolute Gasteiger partial charge is 0.481 e. The Morgan fingerprint density at radius 1 is 1.36 bits per heavy atom. The lowest BCUT2D eigenvalue weighted by Crippen LogP contribution is -2.55. The van der Waals surface area contributed by atoms with Crippen molar-refractivity contribution in [2.24, 2.45) is 11.8 Å². The minimum absolute atomic E-state index is 0.0866. The summed E-state index contributed by atoms with van der Waals surface area (Å²) in [6.45, 7) is 2.22. The standard InChI is InChI=1S/C10H15NO3/c1-6(12)11-5-7-2-3-8(11)4-9(7)10(13)14/h7-9H,2-5H2,1H3,(H,13,14). The molecule has 2 saturated heterocycles. The summed E-state index contributed by atoms with van der Waals surface area (Å²) in [6.07, 6.45) is 2.60. The first-order valence-corrected chi connectivity index (χ1v) is 5.09. The third-order valence-corrected chi connectivity index (χ3v) is 3.56.